The van der Waals surface area contributed by atoms with E-state index in [0.717, 1.165) is 48.8 Å². The van der Waals surface area contributed by atoms with E-state index in [9.17, 15) is 0 Å². The number of nitrogens with zero attached hydrogens (tertiary/aromatic N) is 2. The first kappa shape index (κ1) is 14.8. The molecule has 3 N–H and O–H groups in total. The van der Waals surface area contributed by atoms with Gasteiger partial charge < -0.3 is 4.74 Å². The molecule has 2 rings (SSSR count). The van der Waals surface area contributed by atoms with Crippen molar-refractivity contribution in [3.05, 3.63) is 16.4 Å². The number of rotatable bonds is 5. The molecule has 2 heterocycles. The molecular formula is C13H23ClN4O. The molecule has 1 aliphatic rings. The number of nitrogens with one attached hydrogen (secondary N) is 1. The molecular weight excluding hydrogens is 264 g/mol. The average Bonchev–Trinajstić information content (AvgIpc) is 2.94. The van der Waals surface area contributed by atoms with Crippen LogP contribution in [0, 0.1) is 6.92 Å². The molecule has 2 atom stereocenters. The lowest BCUT2D eigenvalue weighted by Crippen LogP contribution is -2.52. The molecule has 2 unspecified atom stereocenters. The van der Waals surface area contributed by atoms with Crippen LogP contribution in [0.2, 0.25) is 5.02 Å². The second-order valence-corrected chi connectivity index (χ2v) is 5.73. The maximum atomic E-state index is 6.35. The van der Waals surface area contributed by atoms with Gasteiger partial charge in [0.25, 0.3) is 0 Å². The van der Waals surface area contributed by atoms with E-state index in [-0.39, 0.29) is 11.6 Å². The summed E-state index contributed by atoms with van der Waals surface area (Å²) in [6.45, 7) is 7.70. The molecule has 5 nitrogen and oxygen atoms in total. The van der Waals surface area contributed by atoms with Crippen LogP contribution in [0.5, 0.6) is 0 Å². The fraction of sp³-hybridized carbons (Fsp3) is 0.769. The number of aryl methyl sites for hydroxylation is 2. The number of nitrogens with two attached hydrogens (primary N) is 1. The highest BCUT2D eigenvalue weighted by Gasteiger charge is 2.38. The van der Waals surface area contributed by atoms with Gasteiger partial charge in [-0.15, -0.1) is 0 Å². The first-order valence-corrected chi connectivity index (χ1v) is 7.21. The van der Waals surface area contributed by atoms with Crippen LogP contribution in [-0.4, -0.2) is 28.0 Å². The van der Waals surface area contributed by atoms with Gasteiger partial charge >= 0.3 is 0 Å². The maximum Gasteiger partial charge on any atom is 0.0847 e. The predicted molar refractivity (Wildman–Crippen MR) is 76.1 cm³/mol. The van der Waals surface area contributed by atoms with Crippen molar-refractivity contribution in [2.75, 3.05) is 6.61 Å². The summed E-state index contributed by atoms with van der Waals surface area (Å²) in [7, 11) is 0. The Labute approximate surface area is 119 Å². The van der Waals surface area contributed by atoms with Crippen LogP contribution in [0.3, 0.4) is 0 Å². The van der Waals surface area contributed by atoms with Gasteiger partial charge in [0.1, 0.15) is 0 Å². The highest BCUT2D eigenvalue weighted by atomic mass is 35.5. The molecule has 0 saturated carbocycles. The number of hydrazine groups is 1. The Balaban J connectivity index is 2.23. The van der Waals surface area contributed by atoms with Crippen molar-refractivity contribution in [1.82, 2.24) is 15.2 Å². The Morgan fingerprint density at radius 3 is 2.89 bits per heavy atom. The van der Waals surface area contributed by atoms with E-state index in [1.54, 1.807) is 0 Å². The Hall–Kier alpha value is -0.620. The van der Waals surface area contributed by atoms with Crippen molar-refractivity contribution in [2.45, 2.75) is 58.2 Å². The van der Waals surface area contributed by atoms with E-state index < -0.39 is 0 Å². The van der Waals surface area contributed by atoms with Gasteiger partial charge in [0.05, 0.1) is 28.1 Å². The Bertz CT molecular complexity index is 440. The molecule has 1 fully saturated rings. The van der Waals surface area contributed by atoms with Gasteiger partial charge in [-0.2, -0.15) is 5.10 Å². The molecule has 1 aromatic rings. The van der Waals surface area contributed by atoms with E-state index >= 15 is 0 Å². The third-order valence-corrected chi connectivity index (χ3v) is 4.53. The fourth-order valence-corrected chi connectivity index (χ4v) is 3.00. The molecule has 1 aliphatic heterocycles. The predicted octanol–water partition coefficient (Wildman–Crippen LogP) is 1.81. The van der Waals surface area contributed by atoms with Crippen LogP contribution in [0.4, 0.5) is 0 Å². The van der Waals surface area contributed by atoms with Crippen molar-refractivity contribution >= 4 is 11.6 Å². The lowest BCUT2D eigenvalue weighted by molar-refractivity contribution is -0.0119. The summed E-state index contributed by atoms with van der Waals surface area (Å²) in [5.74, 6) is 5.73. The van der Waals surface area contributed by atoms with Crippen molar-refractivity contribution in [3.8, 4) is 0 Å². The summed E-state index contributed by atoms with van der Waals surface area (Å²) in [6.07, 6.45) is 2.81. The zero-order valence-corrected chi connectivity index (χ0v) is 12.6. The second-order valence-electron chi connectivity index (χ2n) is 5.35. The number of aromatic nitrogens is 2. The number of hydrogen-bond acceptors (Lipinski definition) is 4. The third-order valence-electron chi connectivity index (χ3n) is 4.04. The van der Waals surface area contributed by atoms with E-state index in [2.05, 4.69) is 24.4 Å². The highest BCUT2D eigenvalue weighted by molar-refractivity contribution is 6.31. The lowest BCUT2D eigenvalue weighted by atomic mass is 9.90. The Kier molecular flexibility index (Phi) is 4.50. The van der Waals surface area contributed by atoms with E-state index in [1.165, 1.54) is 0 Å². The van der Waals surface area contributed by atoms with Gasteiger partial charge in [-0.1, -0.05) is 11.6 Å². The molecule has 108 valence electrons. The molecule has 1 aromatic heterocycles. The van der Waals surface area contributed by atoms with Crippen LogP contribution in [-0.2, 0) is 17.7 Å². The van der Waals surface area contributed by atoms with Crippen molar-refractivity contribution in [2.24, 2.45) is 5.84 Å². The van der Waals surface area contributed by atoms with E-state index in [4.69, 9.17) is 22.2 Å². The summed E-state index contributed by atoms with van der Waals surface area (Å²) >= 11 is 6.35. The zero-order valence-electron chi connectivity index (χ0n) is 11.9. The van der Waals surface area contributed by atoms with Crippen LogP contribution in [0.15, 0.2) is 0 Å². The number of ether oxygens (including phenoxy) is 1. The van der Waals surface area contributed by atoms with Gasteiger partial charge in [0.2, 0.25) is 0 Å². The van der Waals surface area contributed by atoms with E-state index in [1.807, 2.05) is 11.6 Å². The van der Waals surface area contributed by atoms with Gasteiger partial charge in [-0.25, -0.2) is 0 Å². The molecule has 0 bridgehead atoms. The zero-order chi connectivity index (χ0) is 14.0. The molecule has 0 amide bonds. The lowest BCUT2D eigenvalue weighted by Gasteiger charge is -2.33. The average molecular weight is 287 g/mol. The van der Waals surface area contributed by atoms with Crippen molar-refractivity contribution in [3.63, 3.8) is 0 Å². The molecule has 0 spiro atoms. The quantitative estimate of drug-likeness (QED) is 0.640. The summed E-state index contributed by atoms with van der Waals surface area (Å²) in [4.78, 5) is 0. The normalized spacial score (nSPS) is 24.9. The third kappa shape index (κ3) is 2.79. The molecule has 1 saturated heterocycles. The Morgan fingerprint density at radius 1 is 1.63 bits per heavy atom. The number of halogens is 1. The first-order valence-electron chi connectivity index (χ1n) is 6.83. The molecule has 19 heavy (non-hydrogen) atoms. The van der Waals surface area contributed by atoms with Crippen LogP contribution >= 0.6 is 11.6 Å². The molecule has 0 aromatic carbocycles. The molecule has 0 aliphatic carbocycles. The van der Waals surface area contributed by atoms with E-state index in [0.29, 0.717) is 0 Å². The summed E-state index contributed by atoms with van der Waals surface area (Å²) in [5.41, 5.74) is 4.57. The van der Waals surface area contributed by atoms with Crippen molar-refractivity contribution < 1.29 is 4.74 Å². The van der Waals surface area contributed by atoms with Crippen LogP contribution < -0.4 is 11.3 Å². The molecule has 6 heteroatoms. The Morgan fingerprint density at radius 2 is 2.37 bits per heavy atom. The monoisotopic (exact) mass is 286 g/mol. The summed E-state index contributed by atoms with van der Waals surface area (Å²) < 4.78 is 7.82. The minimum absolute atomic E-state index is 0.0360. The second kappa shape index (κ2) is 5.79. The topological polar surface area (TPSA) is 65.1 Å². The highest BCUT2D eigenvalue weighted by Crippen LogP contribution is 2.31. The standard InChI is InChI=1S/C13H23ClN4O/c1-4-18-10(12(14)9(2)17-18)8-11(16-15)13(3)6-5-7-19-13/h11,16H,4-8,15H2,1-3H3. The maximum absolute atomic E-state index is 6.35. The minimum Gasteiger partial charge on any atom is -0.374 e. The fourth-order valence-electron chi connectivity index (χ4n) is 2.78. The molecule has 0 radical (unpaired) electrons. The van der Waals surface area contributed by atoms with Crippen LogP contribution in [0.1, 0.15) is 38.1 Å². The van der Waals surface area contributed by atoms with Crippen LogP contribution in [0.25, 0.3) is 0 Å². The van der Waals surface area contributed by atoms with Gasteiger partial charge in [-0.05, 0) is 33.6 Å². The van der Waals surface area contributed by atoms with Crippen molar-refractivity contribution in [1.29, 1.82) is 0 Å². The smallest absolute Gasteiger partial charge is 0.0847 e. The number of hydrogen-bond donors (Lipinski definition) is 2. The largest absolute Gasteiger partial charge is 0.374 e. The van der Waals surface area contributed by atoms with Gasteiger partial charge in [0.15, 0.2) is 0 Å². The summed E-state index contributed by atoms with van der Waals surface area (Å²) in [5, 5.41) is 5.18. The van der Waals surface area contributed by atoms with Gasteiger partial charge in [-0.3, -0.25) is 16.0 Å². The first-order chi connectivity index (χ1) is 9.01. The summed E-state index contributed by atoms with van der Waals surface area (Å²) in [6, 6.07) is 0.0360. The van der Waals surface area contributed by atoms with Gasteiger partial charge in [0, 0.05) is 19.6 Å². The SMILES string of the molecule is CCn1nc(C)c(Cl)c1CC(NN)C1(C)CCCO1. The minimum atomic E-state index is -0.227.